The fourth-order valence-corrected chi connectivity index (χ4v) is 0.0556. The Morgan fingerprint density at radius 3 is 2.17 bits per heavy atom. The summed E-state index contributed by atoms with van der Waals surface area (Å²) in [5.41, 5.74) is 0. The van der Waals surface area contributed by atoms with E-state index in [0.717, 1.165) is 0 Å². The molecular formula is C4H5KO. The van der Waals surface area contributed by atoms with Crippen LogP contribution in [0.15, 0.2) is 12.7 Å². The van der Waals surface area contributed by atoms with Gasteiger partial charge in [0.15, 0.2) is 0 Å². The van der Waals surface area contributed by atoms with Gasteiger partial charge < -0.3 is 4.79 Å². The van der Waals surface area contributed by atoms with E-state index in [0.29, 0.717) is 6.29 Å². The maximum absolute atomic E-state index is 9.28. The van der Waals surface area contributed by atoms with Crippen LogP contribution in [-0.4, -0.2) is 6.29 Å². The van der Waals surface area contributed by atoms with Crippen molar-refractivity contribution in [3.63, 3.8) is 0 Å². The number of aldehydes is 1. The quantitative estimate of drug-likeness (QED) is 0.218. The minimum absolute atomic E-state index is 0. The SMILES string of the molecule is C=C[CH-]C=O.[K+]. The molecule has 28 valence electrons. The van der Waals surface area contributed by atoms with Crippen molar-refractivity contribution in [2.24, 2.45) is 0 Å². The van der Waals surface area contributed by atoms with Gasteiger partial charge in [-0.3, -0.25) is 0 Å². The third-order valence-corrected chi connectivity index (χ3v) is 0.215. The van der Waals surface area contributed by atoms with Crippen LogP contribution in [0.5, 0.6) is 0 Å². The first kappa shape index (κ1) is 10.0. The van der Waals surface area contributed by atoms with E-state index in [9.17, 15) is 4.79 Å². The second-order valence-corrected chi connectivity index (χ2v) is 0.564. The Kier molecular flexibility index (Phi) is 15.6. The second-order valence-electron chi connectivity index (χ2n) is 0.564. The van der Waals surface area contributed by atoms with E-state index in [-0.39, 0.29) is 51.4 Å². The summed E-state index contributed by atoms with van der Waals surface area (Å²) < 4.78 is 0. The number of carbonyl (C=O) groups is 1. The number of rotatable bonds is 2. The van der Waals surface area contributed by atoms with Crippen molar-refractivity contribution >= 4 is 6.29 Å². The van der Waals surface area contributed by atoms with Gasteiger partial charge in [0.05, 0.1) is 6.29 Å². The third kappa shape index (κ3) is 8.87. The molecule has 0 fully saturated rings. The second kappa shape index (κ2) is 9.32. The molecule has 6 heavy (non-hydrogen) atoms. The van der Waals surface area contributed by atoms with Gasteiger partial charge in [-0.2, -0.15) is 6.42 Å². The maximum Gasteiger partial charge on any atom is 1.00 e. The van der Waals surface area contributed by atoms with Crippen molar-refractivity contribution in [2.75, 3.05) is 0 Å². The summed E-state index contributed by atoms with van der Waals surface area (Å²) >= 11 is 0. The van der Waals surface area contributed by atoms with Gasteiger partial charge in [0.2, 0.25) is 0 Å². The molecule has 0 aromatic carbocycles. The first-order valence-electron chi connectivity index (χ1n) is 1.31. The van der Waals surface area contributed by atoms with Crippen LogP contribution in [0.3, 0.4) is 0 Å². The van der Waals surface area contributed by atoms with Crippen LogP contribution in [0, 0.1) is 6.42 Å². The average Bonchev–Trinajstić information content (AvgIpc) is 1.41. The molecule has 0 bridgehead atoms. The maximum atomic E-state index is 9.28. The van der Waals surface area contributed by atoms with Gasteiger partial charge in [-0.1, -0.05) is 0 Å². The normalized spacial score (nSPS) is 4.67. The fourth-order valence-electron chi connectivity index (χ4n) is 0.0556. The molecule has 0 spiro atoms. The average molecular weight is 108 g/mol. The van der Waals surface area contributed by atoms with Crippen LogP contribution in [0.25, 0.3) is 0 Å². The molecule has 2 heteroatoms. The molecule has 1 nitrogen and oxygen atoms in total. The van der Waals surface area contributed by atoms with Gasteiger partial charge in [0.1, 0.15) is 0 Å². The van der Waals surface area contributed by atoms with Crippen molar-refractivity contribution in [1.29, 1.82) is 0 Å². The molecule has 0 aromatic rings. The predicted molar refractivity (Wildman–Crippen MR) is 20.6 cm³/mol. The fraction of sp³-hybridized carbons (Fsp3) is 0. The van der Waals surface area contributed by atoms with Gasteiger partial charge in [-0.25, -0.2) is 12.7 Å². The molecule has 0 amide bonds. The molecular weight excluding hydrogens is 103 g/mol. The summed E-state index contributed by atoms with van der Waals surface area (Å²) in [6, 6.07) is 0. The van der Waals surface area contributed by atoms with Crippen LogP contribution in [0.1, 0.15) is 0 Å². The van der Waals surface area contributed by atoms with Gasteiger partial charge in [0, 0.05) is 0 Å². The molecule has 0 saturated heterocycles. The molecule has 0 heterocycles. The zero-order chi connectivity index (χ0) is 4.12. The van der Waals surface area contributed by atoms with E-state index >= 15 is 0 Å². The van der Waals surface area contributed by atoms with Crippen molar-refractivity contribution in [2.45, 2.75) is 0 Å². The topological polar surface area (TPSA) is 17.1 Å². The molecule has 0 aliphatic heterocycles. The Labute approximate surface area is 80.2 Å². The van der Waals surface area contributed by atoms with Crippen LogP contribution >= 0.6 is 0 Å². The van der Waals surface area contributed by atoms with E-state index in [1.165, 1.54) is 12.5 Å². The summed E-state index contributed by atoms with van der Waals surface area (Å²) in [5, 5.41) is 0. The minimum atomic E-state index is 0. The molecule has 0 aliphatic rings. The van der Waals surface area contributed by atoms with Gasteiger partial charge >= 0.3 is 51.4 Å². The Bertz CT molecular complexity index is 36.8. The summed E-state index contributed by atoms with van der Waals surface area (Å²) in [6.07, 6.45) is 3.46. The van der Waals surface area contributed by atoms with Crippen molar-refractivity contribution in [1.82, 2.24) is 0 Å². The standard InChI is InChI=1S/C4H5O.K/c1-2-3-4-5;/h2-4H,1H2;/q-1;+1. The Balaban J connectivity index is 0. The monoisotopic (exact) mass is 108 g/mol. The number of hydrogen-bond donors (Lipinski definition) is 0. The zero-order valence-corrected chi connectivity index (χ0v) is 6.97. The van der Waals surface area contributed by atoms with Crippen molar-refractivity contribution in [3.05, 3.63) is 19.1 Å². The summed E-state index contributed by atoms with van der Waals surface area (Å²) in [4.78, 5) is 9.28. The van der Waals surface area contributed by atoms with Crippen LogP contribution in [0.4, 0.5) is 0 Å². The van der Waals surface area contributed by atoms with Gasteiger partial charge in [0.25, 0.3) is 0 Å². The number of carbonyl (C=O) groups excluding carboxylic acids is 1. The van der Waals surface area contributed by atoms with Crippen molar-refractivity contribution < 1.29 is 56.2 Å². The molecule has 0 unspecified atom stereocenters. The van der Waals surface area contributed by atoms with E-state index in [2.05, 4.69) is 6.58 Å². The minimum Gasteiger partial charge on any atom is -0.320 e. The first-order chi connectivity index (χ1) is 2.41. The molecule has 0 saturated carbocycles. The van der Waals surface area contributed by atoms with Crippen LogP contribution < -0.4 is 51.4 Å². The Morgan fingerprint density at radius 2 is 2.17 bits per heavy atom. The van der Waals surface area contributed by atoms with Gasteiger partial charge in [-0.05, 0) is 0 Å². The summed E-state index contributed by atoms with van der Waals surface area (Å²) in [7, 11) is 0. The number of allylic oxidation sites excluding steroid dienone is 1. The Hall–Kier alpha value is 0.916. The zero-order valence-electron chi connectivity index (χ0n) is 3.85. The van der Waals surface area contributed by atoms with Crippen molar-refractivity contribution in [3.8, 4) is 0 Å². The molecule has 0 rings (SSSR count). The predicted octanol–water partition coefficient (Wildman–Crippen LogP) is -2.42. The molecule has 0 N–H and O–H groups in total. The Morgan fingerprint density at radius 1 is 1.67 bits per heavy atom. The number of hydrogen-bond acceptors (Lipinski definition) is 1. The van der Waals surface area contributed by atoms with Crippen LogP contribution in [-0.2, 0) is 4.79 Å². The largest absolute Gasteiger partial charge is 1.00 e. The van der Waals surface area contributed by atoms with Gasteiger partial charge in [-0.15, -0.1) is 0 Å². The smallest absolute Gasteiger partial charge is 0.320 e. The summed E-state index contributed by atoms with van der Waals surface area (Å²) in [6.45, 7) is 3.26. The molecule has 0 aliphatic carbocycles. The molecule has 0 atom stereocenters. The molecule has 0 radical (unpaired) electrons. The third-order valence-electron chi connectivity index (χ3n) is 0.215. The first-order valence-corrected chi connectivity index (χ1v) is 1.31. The van der Waals surface area contributed by atoms with E-state index < -0.39 is 0 Å². The van der Waals surface area contributed by atoms with Crippen LogP contribution in [0.2, 0.25) is 0 Å². The van der Waals surface area contributed by atoms with E-state index in [4.69, 9.17) is 0 Å². The summed E-state index contributed by atoms with van der Waals surface area (Å²) in [5.74, 6) is 0. The van der Waals surface area contributed by atoms with E-state index in [1.54, 1.807) is 0 Å². The van der Waals surface area contributed by atoms with E-state index in [1.807, 2.05) is 0 Å². The molecule has 0 aromatic heterocycles.